The third kappa shape index (κ3) is 4.55. The Balaban J connectivity index is 1.67. The van der Waals surface area contributed by atoms with Crippen LogP contribution >= 0.6 is 0 Å². The number of aromatic nitrogens is 2. The van der Waals surface area contributed by atoms with Crippen LogP contribution in [-0.4, -0.2) is 21.7 Å². The smallest absolute Gasteiger partial charge is 0.258 e. The lowest BCUT2D eigenvalue weighted by Gasteiger charge is -2.10. The molecule has 0 bridgehead atoms. The summed E-state index contributed by atoms with van der Waals surface area (Å²) in [7, 11) is 0. The summed E-state index contributed by atoms with van der Waals surface area (Å²) in [6, 6.07) is 14.7. The van der Waals surface area contributed by atoms with Crippen molar-refractivity contribution in [1.29, 1.82) is 0 Å². The normalized spacial score (nSPS) is 10.3. The molecule has 136 valence electrons. The molecule has 0 saturated carbocycles. The minimum atomic E-state index is -0.314. The van der Waals surface area contributed by atoms with E-state index >= 15 is 0 Å². The van der Waals surface area contributed by atoms with Crippen molar-refractivity contribution in [3.8, 4) is 0 Å². The summed E-state index contributed by atoms with van der Waals surface area (Å²) in [4.78, 5) is 32.1. The van der Waals surface area contributed by atoms with E-state index in [2.05, 4.69) is 27.5 Å². The van der Waals surface area contributed by atoms with Crippen molar-refractivity contribution in [1.82, 2.24) is 9.97 Å². The lowest BCUT2D eigenvalue weighted by atomic mass is 10.1. The van der Waals surface area contributed by atoms with Crippen LogP contribution in [0.5, 0.6) is 0 Å². The summed E-state index contributed by atoms with van der Waals surface area (Å²) in [6.45, 7) is 3.58. The zero-order chi connectivity index (χ0) is 19.2. The standard InChI is InChI=1S/C21H20N4O2/c1-3-15-6-4-5-7-19(15)25-21-22-12-17(13-23-21)20(27)24-18-10-8-16(9-11-18)14(2)26/h4-13H,3H2,1-2H3,(H,24,27)(H,22,23,25). The molecular weight excluding hydrogens is 340 g/mol. The third-order valence-electron chi connectivity index (χ3n) is 4.11. The van der Waals surface area contributed by atoms with E-state index in [1.807, 2.05) is 24.3 Å². The maximum absolute atomic E-state index is 12.3. The Hall–Kier alpha value is -3.54. The average molecular weight is 360 g/mol. The average Bonchev–Trinajstić information content (AvgIpc) is 2.69. The predicted octanol–water partition coefficient (Wildman–Crippen LogP) is 4.24. The van der Waals surface area contributed by atoms with Crippen LogP contribution in [0.25, 0.3) is 0 Å². The number of Topliss-reactive ketones (excluding diaryl/α,β-unsaturated/α-hetero) is 1. The highest BCUT2D eigenvalue weighted by atomic mass is 16.1. The van der Waals surface area contributed by atoms with Gasteiger partial charge in [0, 0.05) is 29.3 Å². The molecule has 0 aliphatic heterocycles. The number of carbonyl (C=O) groups excluding carboxylic acids is 2. The van der Waals surface area contributed by atoms with Crippen molar-refractivity contribution in [2.75, 3.05) is 10.6 Å². The number of anilines is 3. The molecule has 27 heavy (non-hydrogen) atoms. The molecule has 0 spiro atoms. The van der Waals surface area contributed by atoms with Crippen LogP contribution in [-0.2, 0) is 6.42 Å². The first kappa shape index (κ1) is 18.3. The second-order valence-electron chi connectivity index (χ2n) is 6.02. The Bertz CT molecular complexity index is 951. The van der Waals surface area contributed by atoms with Gasteiger partial charge >= 0.3 is 0 Å². The maximum Gasteiger partial charge on any atom is 0.258 e. The number of nitrogens with zero attached hydrogens (tertiary/aromatic N) is 2. The molecule has 3 aromatic rings. The first-order chi connectivity index (χ1) is 13.1. The molecule has 0 atom stereocenters. The van der Waals surface area contributed by atoms with Crippen LogP contribution in [0, 0.1) is 0 Å². The van der Waals surface area contributed by atoms with E-state index in [0.29, 0.717) is 22.8 Å². The fourth-order valence-electron chi connectivity index (χ4n) is 2.57. The molecule has 1 heterocycles. The Morgan fingerprint density at radius 3 is 2.22 bits per heavy atom. The molecule has 0 aliphatic rings. The summed E-state index contributed by atoms with van der Waals surface area (Å²) in [5.41, 5.74) is 3.66. The SMILES string of the molecule is CCc1ccccc1Nc1ncc(C(=O)Nc2ccc(C(C)=O)cc2)cn1. The van der Waals surface area contributed by atoms with E-state index in [4.69, 9.17) is 0 Å². The van der Waals surface area contributed by atoms with Crippen molar-refractivity contribution in [2.24, 2.45) is 0 Å². The van der Waals surface area contributed by atoms with Crippen molar-refractivity contribution in [3.05, 3.63) is 77.6 Å². The monoisotopic (exact) mass is 360 g/mol. The number of hydrogen-bond donors (Lipinski definition) is 2. The number of benzene rings is 2. The van der Waals surface area contributed by atoms with Gasteiger partial charge in [-0.05, 0) is 49.2 Å². The summed E-state index contributed by atoms with van der Waals surface area (Å²) in [5, 5.41) is 5.93. The quantitative estimate of drug-likeness (QED) is 0.643. The Kier molecular flexibility index (Phi) is 5.56. The largest absolute Gasteiger partial charge is 0.324 e. The van der Waals surface area contributed by atoms with Gasteiger partial charge in [-0.15, -0.1) is 0 Å². The van der Waals surface area contributed by atoms with Crippen LogP contribution in [0.2, 0.25) is 0 Å². The number of carbonyl (C=O) groups is 2. The number of para-hydroxylation sites is 1. The Morgan fingerprint density at radius 1 is 0.926 bits per heavy atom. The summed E-state index contributed by atoms with van der Waals surface area (Å²) >= 11 is 0. The molecule has 0 saturated heterocycles. The topological polar surface area (TPSA) is 84.0 Å². The minimum Gasteiger partial charge on any atom is -0.324 e. The van der Waals surface area contributed by atoms with Crippen molar-refractivity contribution in [2.45, 2.75) is 20.3 Å². The molecular formula is C21H20N4O2. The zero-order valence-electron chi connectivity index (χ0n) is 15.2. The van der Waals surface area contributed by atoms with Gasteiger partial charge in [-0.2, -0.15) is 0 Å². The first-order valence-corrected chi connectivity index (χ1v) is 8.66. The number of amides is 1. The van der Waals surface area contributed by atoms with Crippen LogP contribution < -0.4 is 10.6 Å². The van der Waals surface area contributed by atoms with E-state index in [1.54, 1.807) is 24.3 Å². The summed E-state index contributed by atoms with van der Waals surface area (Å²) < 4.78 is 0. The molecule has 0 fully saturated rings. The van der Waals surface area contributed by atoms with Gasteiger partial charge in [0.25, 0.3) is 5.91 Å². The highest BCUT2D eigenvalue weighted by Crippen LogP contribution is 2.19. The fourth-order valence-corrected chi connectivity index (χ4v) is 2.57. The van der Waals surface area contributed by atoms with Gasteiger partial charge in [0.1, 0.15) is 0 Å². The van der Waals surface area contributed by atoms with Gasteiger partial charge in [-0.1, -0.05) is 25.1 Å². The van der Waals surface area contributed by atoms with Gasteiger partial charge < -0.3 is 10.6 Å². The molecule has 0 unspecified atom stereocenters. The van der Waals surface area contributed by atoms with Crippen LogP contribution in [0.4, 0.5) is 17.3 Å². The predicted molar refractivity (Wildman–Crippen MR) is 106 cm³/mol. The molecule has 1 amide bonds. The lowest BCUT2D eigenvalue weighted by molar-refractivity contribution is 0.101. The number of rotatable bonds is 6. The third-order valence-corrected chi connectivity index (χ3v) is 4.11. The molecule has 6 heteroatoms. The molecule has 2 aromatic carbocycles. The zero-order valence-corrected chi connectivity index (χ0v) is 15.2. The van der Waals surface area contributed by atoms with Gasteiger partial charge in [0.15, 0.2) is 5.78 Å². The summed E-state index contributed by atoms with van der Waals surface area (Å²) in [6.07, 6.45) is 3.85. The number of aryl methyl sites for hydroxylation is 1. The number of ketones is 1. The van der Waals surface area contributed by atoms with Crippen LogP contribution in [0.3, 0.4) is 0 Å². The van der Waals surface area contributed by atoms with Gasteiger partial charge in [0.2, 0.25) is 5.95 Å². The van der Waals surface area contributed by atoms with Gasteiger partial charge in [0.05, 0.1) is 5.56 Å². The van der Waals surface area contributed by atoms with Crippen LogP contribution in [0.1, 0.15) is 40.1 Å². The van der Waals surface area contributed by atoms with Crippen LogP contribution in [0.15, 0.2) is 60.9 Å². The molecule has 3 rings (SSSR count). The van der Waals surface area contributed by atoms with Gasteiger partial charge in [-0.3, -0.25) is 9.59 Å². The minimum absolute atomic E-state index is 0.0194. The highest BCUT2D eigenvalue weighted by molar-refractivity contribution is 6.04. The molecule has 2 N–H and O–H groups in total. The van der Waals surface area contributed by atoms with E-state index < -0.39 is 0 Å². The van der Waals surface area contributed by atoms with Crippen molar-refractivity contribution < 1.29 is 9.59 Å². The lowest BCUT2D eigenvalue weighted by Crippen LogP contribution is -2.13. The first-order valence-electron chi connectivity index (χ1n) is 8.66. The molecule has 0 radical (unpaired) electrons. The Morgan fingerprint density at radius 2 is 1.59 bits per heavy atom. The molecule has 1 aromatic heterocycles. The number of nitrogens with one attached hydrogen (secondary N) is 2. The molecule has 6 nitrogen and oxygen atoms in total. The maximum atomic E-state index is 12.3. The van der Waals surface area contributed by atoms with E-state index in [0.717, 1.165) is 17.7 Å². The van der Waals surface area contributed by atoms with E-state index in [-0.39, 0.29) is 11.7 Å². The van der Waals surface area contributed by atoms with Crippen molar-refractivity contribution >= 4 is 29.0 Å². The second kappa shape index (κ2) is 8.23. The molecule has 0 aliphatic carbocycles. The van der Waals surface area contributed by atoms with Crippen molar-refractivity contribution in [3.63, 3.8) is 0 Å². The Labute approximate surface area is 157 Å². The van der Waals surface area contributed by atoms with E-state index in [9.17, 15) is 9.59 Å². The highest BCUT2D eigenvalue weighted by Gasteiger charge is 2.09. The number of hydrogen-bond acceptors (Lipinski definition) is 5. The second-order valence-corrected chi connectivity index (χ2v) is 6.02. The van der Waals surface area contributed by atoms with E-state index in [1.165, 1.54) is 19.3 Å². The fraction of sp³-hybridized carbons (Fsp3) is 0.143. The van der Waals surface area contributed by atoms with Gasteiger partial charge in [-0.25, -0.2) is 9.97 Å². The summed E-state index contributed by atoms with van der Waals surface area (Å²) in [5.74, 6) is 0.0957.